The van der Waals surface area contributed by atoms with Crippen LogP contribution in [-0.2, 0) is 9.53 Å². The Labute approximate surface area is 147 Å². The van der Waals surface area contributed by atoms with Gasteiger partial charge in [0.15, 0.2) is 0 Å². The Balaban J connectivity index is 1.70. The van der Waals surface area contributed by atoms with Crippen LogP contribution in [0.3, 0.4) is 0 Å². The molecule has 0 amide bonds. The molecule has 2 unspecified atom stereocenters. The predicted molar refractivity (Wildman–Crippen MR) is 90.2 cm³/mol. The minimum Gasteiger partial charge on any atom is -0.357 e. The SMILES string of the molecule is COC1(O)C=C2CC[C@@H]3[C@H](CC[C@]4(C)C(=O)CC[C@@H]34)C2=CC1[N+](=O)[O-]. The van der Waals surface area contributed by atoms with Crippen molar-refractivity contribution >= 4 is 5.78 Å². The van der Waals surface area contributed by atoms with Gasteiger partial charge in [-0.3, -0.25) is 14.9 Å². The number of allylic oxidation sites excluding steroid dienone is 2. The fourth-order valence-electron chi connectivity index (χ4n) is 5.95. The minimum atomic E-state index is -1.87. The molecule has 0 radical (unpaired) electrons. The van der Waals surface area contributed by atoms with Crippen molar-refractivity contribution in [3.8, 4) is 0 Å². The van der Waals surface area contributed by atoms with Gasteiger partial charge in [-0.2, -0.15) is 0 Å². The van der Waals surface area contributed by atoms with Crippen molar-refractivity contribution in [1.29, 1.82) is 0 Å². The highest BCUT2D eigenvalue weighted by molar-refractivity contribution is 5.87. The van der Waals surface area contributed by atoms with Gasteiger partial charge in [0.05, 0.1) is 0 Å². The van der Waals surface area contributed by atoms with E-state index < -0.39 is 16.8 Å². The fourth-order valence-corrected chi connectivity index (χ4v) is 5.95. The van der Waals surface area contributed by atoms with Crippen molar-refractivity contribution in [2.75, 3.05) is 7.11 Å². The zero-order valence-corrected chi connectivity index (χ0v) is 14.7. The van der Waals surface area contributed by atoms with Crippen LogP contribution in [0.2, 0.25) is 0 Å². The van der Waals surface area contributed by atoms with Crippen LogP contribution in [0, 0.1) is 33.3 Å². The Kier molecular flexibility index (Phi) is 3.71. The fraction of sp³-hybridized carbons (Fsp3) is 0.737. The Hall–Kier alpha value is -1.53. The molecular formula is C19H25NO5. The first-order chi connectivity index (χ1) is 11.8. The van der Waals surface area contributed by atoms with E-state index in [1.165, 1.54) is 7.11 Å². The average Bonchev–Trinajstić information content (AvgIpc) is 2.89. The summed E-state index contributed by atoms with van der Waals surface area (Å²) in [7, 11) is 1.30. The average molecular weight is 347 g/mol. The van der Waals surface area contributed by atoms with Crippen LogP contribution in [0.25, 0.3) is 0 Å². The molecule has 3 saturated carbocycles. The highest BCUT2D eigenvalue weighted by atomic mass is 16.7. The molecule has 6 atom stereocenters. The minimum absolute atomic E-state index is 0.201. The maximum absolute atomic E-state index is 12.4. The summed E-state index contributed by atoms with van der Waals surface area (Å²) >= 11 is 0. The predicted octanol–water partition coefficient (Wildman–Crippen LogP) is 2.64. The number of ketones is 1. The lowest BCUT2D eigenvalue weighted by molar-refractivity contribution is -0.545. The second-order valence-electron chi connectivity index (χ2n) is 8.31. The molecule has 0 aromatic carbocycles. The van der Waals surface area contributed by atoms with E-state index in [1.54, 1.807) is 12.2 Å². The molecule has 136 valence electrons. The highest BCUT2D eigenvalue weighted by Gasteiger charge is 2.56. The maximum atomic E-state index is 12.4. The van der Waals surface area contributed by atoms with Crippen molar-refractivity contribution in [2.45, 2.75) is 57.3 Å². The van der Waals surface area contributed by atoms with Crippen LogP contribution < -0.4 is 0 Å². The van der Waals surface area contributed by atoms with Gasteiger partial charge in [-0.05, 0) is 73.2 Å². The smallest absolute Gasteiger partial charge is 0.288 e. The van der Waals surface area contributed by atoms with Crippen molar-refractivity contribution < 1.29 is 19.6 Å². The lowest BCUT2D eigenvalue weighted by Crippen LogP contribution is -2.50. The molecule has 4 aliphatic carbocycles. The number of carbonyl (C=O) groups is 1. The summed E-state index contributed by atoms with van der Waals surface area (Å²) in [5.41, 5.74) is 1.80. The van der Waals surface area contributed by atoms with Crippen LogP contribution >= 0.6 is 0 Å². The first-order valence-electron chi connectivity index (χ1n) is 9.18. The van der Waals surface area contributed by atoms with Gasteiger partial charge in [-0.15, -0.1) is 0 Å². The molecule has 0 bridgehead atoms. The number of fused-ring (bicyclic) bond motifs is 5. The van der Waals surface area contributed by atoms with Crippen molar-refractivity contribution in [3.63, 3.8) is 0 Å². The van der Waals surface area contributed by atoms with E-state index in [4.69, 9.17) is 4.74 Å². The molecule has 25 heavy (non-hydrogen) atoms. The number of rotatable bonds is 2. The second-order valence-corrected chi connectivity index (χ2v) is 8.31. The summed E-state index contributed by atoms with van der Waals surface area (Å²) in [5, 5.41) is 22.0. The van der Waals surface area contributed by atoms with Crippen LogP contribution in [0.5, 0.6) is 0 Å². The van der Waals surface area contributed by atoms with Gasteiger partial charge in [0, 0.05) is 23.9 Å². The van der Waals surface area contributed by atoms with E-state index in [-0.39, 0.29) is 11.3 Å². The summed E-state index contributed by atoms with van der Waals surface area (Å²) in [4.78, 5) is 23.4. The summed E-state index contributed by atoms with van der Waals surface area (Å²) in [5.74, 6) is -0.422. The normalized spacial score (nSPS) is 45.8. The Morgan fingerprint density at radius 1 is 1.32 bits per heavy atom. The van der Waals surface area contributed by atoms with E-state index in [0.29, 0.717) is 24.0 Å². The van der Waals surface area contributed by atoms with Gasteiger partial charge in [0.25, 0.3) is 11.8 Å². The lowest BCUT2D eigenvalue weighted by Gasteiger charge is -2.50. The number of ether oxygens (including phenoxy) is 1. The Morgan fingerprint density at radius 2 is 2.08 bits per heavy atom. The Morgan fingerprint density at radius 3 is 2.76 bits per heavy atom. The van der Waals surface area contributed by atoms with Gasteiger partial charge < -0.3 is 9.84 Å². The Bertz CT molecular complexity index is 698. The van der Waals surface area contributed by atoms with Gasteiger partial charge in [-0.25, -0.2) is 0 Å². The summed E-state index contributed by atoms with van der Waals surface area (Å²) < 4.78 is 5.09. The number of carbonyl (C=O) groups excluding carboxylic acids is 1. The van der Waals surface area contributed by atoms with Gasteiger partial charge in [0.1, 0.15) is 5.78 Å². The zero-order chi connectivity index (χ0) is 18.0. The number of methoxy groups -OCH3 is 1. The number of hydrogen-bond acceptors (Lipinski definition) is 5. The van der Waals surface area contributed by atoms with E-state index in [9.17, 15) is 20.0 Å². The number of nitro groups is 1. The molecule has 6 heteroatoms. The molecule has 0 saturated heterocycles. The molecule has 6 nitrogen and oxygen atoms in total. The third-order valence-corrected chi connectivity index (χ3v) is 7.36. The standard InChI is InChI=1S/C19H25NO5/c1-18-8-7-12-13(15(18)5-6-17(18)21)4-3-11-10-19(22,25-2)16(20(23)24)9-14(11)12/h9-10,12-13,15-16,22H,3-8H2,1-2H3/t12-,13+,15-,16?,18-,19?/m0/s1. The largest absolute Gasteiger partial charge is 0.357 e. The molecule has 0 aliphatic heterocycles. The van der Waals surface area contributed by atoms with Crippen LogP contribution in [-0.4, -0.2) is 34.8 Å². The molecular weight excluding hydrogens is 322 g/mol. The van der Waals surface area contributed by atoms with E-state index in [2.05, 4.69) is 6.92 Å². The van der Waals surface area contributed by atoms with Crippen molar-refractivity contribution in [3.05, 3.63) is 33.4 Å². The third-order valence-electron chi connectivity index (χ3n) is 7.36. The van der Waals surface area contributed by atoms with E-state index in [1.807, 2.05) is 0 Å². The summed E-state index contributed by atoms with van der Waals surface area (Å²) in [6.07, 6.45) is 8.31. The van der Waals surface area contributed by atoms with Gasteiger partial charge in [0.2, 0.25) is 0 Å². The molecule has 0 heterocycles. The number of hydrogen-bond donors (Lipinski definition) is 1. The van der Waals surface area contributed by atoms with Gasteiger partial charge in [-0.1, -0.05) is 6.92 Å². The molecule has 0 aromatic heterocycles. The lowest BCUT2D eigenvalue weighted by atomic mass is 9.54. The summed E-state index contributed by atoms with van der Waals surface area (Å²) in [6, 6.07) is -1.28. The molecule has 4 aliphatic rings. The molecule has 0 spiro atoms. The van der Waals surface area contributed by atoms with Crippen LogP contribution in [0.1, 0.15) is 45.4 Å². The molecule has 3 fully saturated rings. The molecule has 1 N–H and O–H groups in total. The summed E-state index contributed by atoms with van der Waals surface area (Å²) in [6.45, 7) is 2.12. The quantitative estimate of drug-likeness (QED) is 0.471. The maximum Gasteiger partial charge on any atom is 0.288 e. The first kappa shape index (κ1) is 16.9. The monoisotopic (exact) mass is 347 g/mol. The zero-order valence-electron chi connectivity index (χ0n) is 14.7. The van der Waals surface area contributed by atoms with Crippen molar-refractivity contribution in [2.24, 2.45) is 23.2 Å². The van der Waals surface area contributed by atoms with Gasteiger partial charge >= 0.3 is 0 Å². The third kappa shape index (κ3) is 2.27. The van der Waals surface area contributed by atoms with Crippen LogP contribution in [0.4, 0.5) is 0 Å². The molecule has 4 rings (SSSR count). The van der Waals surface area contributed by atoms with Crippen molar-refractivity contribution in [1.82, 2.24) is 0 Å². The van der Waals surface area contributed by atoms with E-state index in [0.717, 1.165) is 43.3 Å². The number of aliphatic hydroxyl groups is 1. The van der Waals surface area contributed by atoms with E-state index >= 15 is 0 Å². The topological polar surface area (TPSA) is 89.7 Å². The van der Waals surface area contributed by atoms with Crippen LogP contribution in [0.15, 0.2) is 23.3 Å². The molecule has 0 aromatic rings. The number of nitrogens with zero attached hydrogens (tertiary/aromatic N) is 1. The number of Topliss-reactive ketones (excluding diaryl/α,β-unsaturated/α-hetero) is 1. The first-order valence-corrected chi connectivity index (χ1v) is 9.18. The second kappa shape index (κ2) is 5.48. The highest BCUT2D eigenvalue weighted by Crippen LogP contribution is 2.60.